The van der Waals surface area contributed by atoms with Gasteiger partial charge < -0.3 is 14.7 Å². The predicted octanol–water partition coefficient (Wildman–Crippen LogP) is 2.09. The van der Waals surface area contributed by atoms with Crippen molar-refractivity contribution in [2.75, 3.05) is 24.6 Å². The molecule has 0 radical (unpaired) electrons. The van der Waals surface area contributed by atoms with Gasteiger partial charge in [-0.1, -0.05) is 0 Å². The molecular formula is C14H20N2O3. The van der Waals surface area contributed by atoms with Crippen LogP contribution in [0.1, 0.15) is 35.7 Å². The molecule has 2 rings (SSSR count). The van der Waals surface area contributed by atoms with E-state index in [0.29, 0.717) is 24.5 Å². The minimum absolute atomic E-state index is 0.169. The monoisotopic (exact) mass is 264 g/mol. The summed E-state index contributed by atoms with van der Waals surface area (Å²) in [5.41, 5.74) is 1.05. The van der Waals surface area contributed by atoms with Crippen LogP contribution in [0, 0.1) is 6.92 Å². The van der Waals surface area contributed by atoms with Crippen LogP contribution in [-0.2, 0) is 4.74 Å². The fourth-order valence-electron chi connectivity index (χ4n) is 2.55. The zero-order valence-electron chi connectivity index (χ0n) is 11.4. The van der Waals surface area contributed by atoms with Crippen molar-refractivity contribution in [1.29, 1.82) is 0 Å². The lowest BCUT2D eigenvalue weighted by Crippen LogP contribution is -2.41. The van der Waals surface area contributed by atoms with Crippen LogP contribution in [0.4, 0.5) is 5.82 Å². The molecule has 0 aromatic carbocycles. The summed E-state index contributed by atoms with van der Waals surface area (Å²) in [5, 5.41) is 9.35. The van der Waals surface area contributed by atoms with E-state index in [1.807, 2.05) is 11.8 Å². The molecule has 1 fully saturated rings. The smallest absolute Gasteiger partial charge is 0.339 e. The fourth-order valence-corrected chi connectivity index (χ4v) is 2.55. The van der Waals surface area contributed by atoms with Crippen molar-refractivity contribution in [3.05, 3.63) is 23.4 Å². The van der Waals surface area contributed by atoms with Gasteiger partial charge in [-0.15, -0.1) is 0 Å². The summed E-state index contributed by atoms with van der Waals surface area (Å²) < 4.78 is 5.65. The summed E-state index contributed by atoms with van der Waals surface area (Å²) in [6, 6.07) is 1.73. The Morgan fingerprint density at radius 1 is 1.63 bits per heavy atom. The van der Waals surface area contributed by atoms with Gasteiger partial charge in [-0.2, -0.15) is 0 Å². The molecule has 1 saturated heterocycles. The van der Waals surface area contributed by atoms with Crippen molar-refractivity contribution in [3.8, 4) is 0 Å². The van der Waals surface area contributed by atoms with E-state index in [4.69, 9.17) is 4.74 Å². The quantitative estimate of drug-likeness (QED) is 0.902. The molecule has 2 heterocycles. The van der Waals surface area contributed by atoms with Crippen LogP contribution >= 0.6 is 0 Å². The van der Waals surface area contributed by atoms with E-state index in [-0.39, 0.29) is 6.10 Å². The Labute approximate surface area is 113 Å². The Balaban J connectivity index is 2.26. The summed E-state index contributed by atoms with van der Waals surface area (Å²) in [5.74, 6) is -0.351. The molecule has 1 aromatic heterocycles. The van der Waals surface area contributed by atoms with Crippen molar-refractivity contribution in [1.82, 2.24) is 4.98 Å². The average molecular weight is 264 g/mol. The third kappa shape index (κ3) is 3.04. The molecule has 1 aromatic rings. The van der Waals surface area contributed by atoms with Crippen LogP contribution < -0.4 is 4.90 Å². The second kappa shape index (κ2) is 6.02. The average Bonchev–Trinajstić information content (AvgIpc) is 2.38. The third-order valence-electron chi connectivity index (χ3n) is 3.43. The lowest BCUT2D eigenvalue weighted by molar-refractivity contribution is 0.0522. The Morgan fingerprint density at radius 3 is 3.11 bits per heavy atom. The molecule has 1 N–H and O–H groups in total. The topological polar surface area (TPSA) is 62.7 Å². The number of hydrogen-bond donors (Lipinski definition) is 1. The van der Waals surface area contributed by atoms with E-state index in [1.165, 1.54) is 0 Å². The number of pyridine rings is 1. The number of rotatable bonds is 4. The van der Waals surface area contributed by atoms with Gasteiger partial charge in [-0.25, -0.2) is 9.78 Å². The molecule has 104 valence electrons. The number of aromatic carboxylic acids is 1. The van der Waals surface area contributed by atoms with Crippen molar-refractivity contribution >= 4 is 11.8 Å². The molecule has 1 aliphatic rings. The van der Waals surface area contributed by atoms with E-state index in [9.17, 15) is 9.90 Å². The van der Waals surface area contributed by atoms with Crippen LogP contribution in [0.2, 0.25) is 0 Å². The number of carboxylic acids is 1. The molecule has 5 nitrogen and oxygen atoms in total. The van der Waals surface area contributed by atoms with Crippen molar-refractivity contribution in [3.63, 3.8) is 0 Å². The summed E-state index contributed by atoms with van der Waals surface area (Å²) in [6.07, 6.45) is 3.86. The number of piperidine rings is 1. The lowest BCUT2D eigenvalue weighted by atomic mass is 10.1. The van der Waals surface area contributed by atoms with E-state index in [1.54, 1.807) is 19.2 Å². The van der Waals surface area contributed by atoms with Gasteiger partial charge in [0.25, 0.3) is 0 Å². The first-order chi connectivity index (χ1) is 9.13. The van der Waals surface area contributed by atoms with Crippen LogP contribution in [0.15, 0.2) is 12.3 Å². The Kier molecular flexibility index (Phi) is 4.37. The molecular weight excluding hydrogens is 244 g/mol. The number of anilines is 1. The number of hydrogen-bond acceptors (Lipinski definition) is 4. The first kappa shape index (κ1) is 13.8. The van der Waals surface area contributed by atoms with Crippen molar-refractivity contribution in [2.45, 2.75) is 32.8 Å². The molecule has 0 spiro atoms. The molecule has 1 atom stereocenters. The van der Waals surface area contributed by atoms with E-state index in [0.717, 1.165) is 24.9 Å². The van der Waals surface area contributed by atoms with Gasteiger partial charge in [-0.3, -0.25) is 0 Å². The zero-order chi connectivity index (χ0) is 13.8. The number of carbonyl (C=O) groups is 1. The van der Waals surface area contributed by atoms with Gasteiger partial charge in [-0.05, 0) is 38.3 Å². The lowest BCUT2D eigenvalue weighted by Gasteiger charge is -2.34. The summed E-state index contributed by atoms with van der Waals surface area (Å²) in [6.45, 7) is 6.02. The molecule has 1 unspecified atom stereocenters. The van der Waals surface area contributed by atoms with E-state index in [2.05, 4.69) is 4.98 Å². The molecule has 0 amide bonds. The van der Waals surface area contributed by atoms with Crippen LogP contribution in [-0.4, -0.2) is 41.9 Å². The number of nitrogens with zero attached hydrogens (tertiary/aromatic N) is 2. The minimum Gasteiger partial charge on any atom is -0.478 e. The molecule has 0 aliphatic carbocycles. The SMILES string of the molecule is CCOC1CCCN(c2nccc(C)c2C(=O)O)C1. The standard InChI is InChI=1S/C14H20N2O3/c1-3-19-11-5-4-8-16(9-11)13-12(14(17)18)10(2)6-7-15-13/h6-7,11H,3-5,8-9H2,1-2H3,(H,17,18). The normalized spacial score (nSPS) is 19.5. The highest BCUT2D eigenvalue weighted by molar-refractivity contribution is 5.95. The van der Waals surface area contributed by atoms with Gasteiger partial charge in [0.2, 0.25) is 0 Å². The second-order valence-corrected chi connectivity index (χ2v) is 4.80. The predicted molar refractivity (Wildman–Crippen MR) is 72.8 cm³/mol. The molecule has 0 bridgehead atoms. The first-order valence-corrected chi connectivity index (χ1v) is 6.69. The number of aromatic nitrogens is 1. The fraction of sp³-hybridized carbons (Fsp3) is 0.571. The maximum absolute atomic E-state index is 11.4. The van der Waals surface area contributed by atoms with Crippen LogP contribution in [0.25, 0.3) is 0 Å². The van der Waals surface area contributed by atoms with Gasteiger partial charge >= 0.3 is 5.97 Å². The van der Waals surface area contributed by atoms with E-state index < -0.39 is 5.97 Å². The summed E-state index contributed by atoms with van der Waals surface area (Å²) >= 11 is 0. The third-order valence-corrected chi connectivity index (χ3v) is 3.43. The molecule has 1 aliphatic heterocycles. The van der Waals surface area contributed by atoms with Gasteiger partial charge in [0.1, 0.15) is 11.4 Å². The number of aryl methyl sites for hydroxylation is 1. The number of ether oxygens (including phenoxy) is 1. The largest absolute Gasteiger partial charge is 0.478 e. The zero-order valence-corrected chi connectivity index (χ0v) is 11.4. The summed E-state index contributed by atoms with van der Waals surface area (Å²) in [7, 11) is 0. The maximum Gasteiger partial charge on any atom is 0.339 e. The van der Waals surface area contributed by atoms with Crippen LogP contribution in [0.3, 0.4) is 0 Å². The van der Waals surface area contributed by atoms with Crippen molar-refractivity contribution in [2.24, 2.45) is 0 Å². The molecule has 0 saturated carbocycles. The summed E-state index contributed by atoms with van der Waals surface area (Å²) in [4.78, 5) is 17.7. The second-order valence-electron chi connectivity index (χ2n) is 4.80. The van der Waals surface area contributed by atoms with Gasteiger partial charge in [0.15, 0.2) is 0 Å². The Bertz CT molecular complexity index is 460. The van der Waals surface area contributed by atoms with Gasteiger partial charge in [0, 0.05) is 25.9 Å². The first-order valence-electron chi connectivity index (χ1n) is 6.69. The highest BCUT2D eigenvalue weighted by atomic mass is 16.5. The highest BCUT2D eigenvalue weighted by Crippen LogP contribution is 2.25. The van der Waals surface area contributed by atoms with Gasteiger partial charge in [0.05, 0.1) is 6.10 Å². The van der Waals surface area contributed by atoms with Crippen LogP contribution in [0.5, 0.6) is 0 Å². The van der Waals surface area contributed by atoms with Crippen molar-refractivity contribution < 1.29 is 14.6 Å². The minimum atomic E-state index is -0.917. The molecule has 19 heavy (non-hydrogen) atoms. The Hall–Kier alpha value is -1.62. The molecule has 5 heteroatoms. The maximum atomic E-state index is 11.4. The van der Waals surface area contributed by atoms with E-state index >= 15 is 0 Å². The Morgan fingerprint density at radius 2 is 2.42 bits per heavy atom. The number of carboxylic acid groups (broad SMARTS) is 1. The highest BCUT2D eigenvalue weighted by Gasteiger charge is 2.25.